The normalized spacial score (nSPS) is 20.5. The Morgan fingerprint density at radius 2 is 1.94 bits per heavy atom. The molecule has 2 aromatic carbocycles. The highest BCUT2D eigenvalue weighted by Crippen LogP contribution is 2.46. The summed E-state index contributed by atoms with van der Waals surface area (Å²) < 4.78 is 44.2. The van der Waals surface area contributed by atoms with Crippen LogP contribution in [0.4, 0.5) is 13.2 Å². The summed E-state index contributed by atoms with van der Waals surface area (Å²) in [6.45, 7) is 1.85. The zero-order chi connectivity index (χ0) is 23.4. The summed E-state index contributed by atoms with van der Waals surface area (Å²) in [5.74, 6) is -4.51. The Morgan fingerprint density at radius 3 is 2.70 bits per heavy atom. The fraction of sp³-hybridized carbons (Fsp3) is 0.292. The number of aromatic hydroxyl groups is 1. The predicted octanol–water partition coefficient (Wildman–Crippen LogP) is 3.67. The molecule has 1 saturated heterocycles. The Balaban J connectivity index is 1.82. The molecule has 170 valence electrons. The summed E-state index contributed by atoms with van der Waals surface area (Å²) in [7, 11) is 0. The highest BCUT2D eigenvalue weighted by molar-refractivity contribution is 5.96. The maximum Gasteiger partial charge on any atom is 0.276 e. The van der Waals surface area contributed by atoms with Gasteiger partial charge in [-0.3, -0.25) is 14.3 Å². The van der Waals surface area contributed by atoms with Crippen molar-refractivity contribution in [3.05, 3.63) is 92.7 Å². The number of benzene rings is 2. The molecule has 0 spiro atoms. The number of carbonyl (C=O) groups excluding carboxylic acids is 1. The average molecular weight is 455 g/mol. The molecule has 9 heteroatoms. The second-order valence-electron chi connectivity index (χ2n) is 8.46. The second-order valence-corrected chi connectivity index (χ2v) is 8.46. The van der Waals surface area contributed by atoms with Crippen molar-refractivity contribution in [2.75, 3.05) is 6.54 Å². The van der Waals surface area contributed by atoms with Crippen molar-refractivity contribution in [2.45, 2.75) is 37.8 Å². The van der Waals surface area contributed by atoms with E-state index in [0.717, 1.165) is 12.3 Å². The van der Waals surface area contributed by atoms with Crippen LogP contribution in [0, 0.1) is 24.4 Å². The van der Waals surface area contributed by atoms with E-state index in [9.17, 15) is 27.9 Å². The van der Waals surface area contributed by atoms with E-state index in [0.29, 0.717) is 30.5 Å². The van der Waals surface area contributed by atoms with E-state index in [1.54, 1.807) is 11.0 Å². The van der Waals surface area contributed by atoms with E-state index in [1.807, 2.05) is 0 Å². The fourth-order valence-corrected chi connectivity index (χ4v) is 5.21. The van der Waals surface area contributed by atoms with Crippen molar-refractivity contribution in [3.8, 4) is 5.75 Å². The number of hydrogen-bond donors (Lipinski definition) is 1. The second kappa shape index (κ2) is 7.75. The monoisotopic (exact) mass is 455 g/mol. The van der Waals surface area contributed by atoms with Crippen LogP contribution in [-0.2, 0) is 0 Å². The van der Waals surface area contributed by atoms with Gasteiger partial charge < -0.3 is 10.0 Å². The van der Waals surface area contributed by atoms with E-state index in [2.05, 4.69) is 5.10 Å². The lowest BCUT2D eigenvalue weighted by molar-refractivity contribution is 0.0564. The maximum atomic E-state index is 14.6. The summed E-state index contributed by atoms with van der Waals surface area (Å²) in [6, 6.07) is 7.14. The first-order valence-electron chi connectivity index (χ1n) is 10.6. The lowest BCUT2D eigenvalue weighted by atomic mass is 9.78. The number of halogens is 3. The van der Waals surface area contributed by atoms with E-state index in [1.165, 1.54) is 35.9 Å². The molecule has 33 heavy (non-hydrogen) atoms. The summed E-state index contributed by atoms with van der Waals surface area (Å²) in [5, 5.41) is 14.6. The molecule has 0 radical (unpaired) electrons. The molecule has 3 aromatic rings. The van der Waals surface area contributed by atoms with Crippen molar-refractivity contribution in [3.63, 3.8) is 0 Å². The minimum Gasteiger partial charge on any atom is -0.502 e. The Morgan fingerprint density at radius 1 is 1.15 bits per heavy atom. The summed E-state index contributed by atoms with van der Waals surface area (Å²) in [6.07, 6.45) is 2.20. The van der Waals surface area contributed by atoms with Gasteiger partial charge in [-0.25, -0.2) is 13.2 Å². The summed E-state index contributed by atoms with van der Waals surface area (Å²) in [4.78, 5) is 26.8. The molecule has 0 saturated carbocycles. The van der Waals surface area contributed by atoms with E-state index in [-0.39, 0.29) is 11.3 Å². The molecule has 0 aliphatic carbocycles. The van der Waals surface area contributed by atoms with Crippen LogP contribution in [-0.4, -0.2) is 38.3 Å². The molecule has 2 aliphatic rings. The number of amides is 1. The highest BCUT2D eigenvalue weighted by Gasteiger charge is 2.48. The first kappa shape index (κ1) is 21.2. The van der Waals surface area contributed by atoms with E-state index in [4.69, 9.17) is 0 Å². The molecule has 1 amide bonds. The number of hydrogen-bond acceptors (Lipinski definition) is 4. The number of nitrogens with zero attached hydrogens (tertiary/aromatic N) is 3. The molecular weight excluding hydrogens is 435 g/mol. The van der Waals surface area contributed by atoms with Crippen LogP contribution in [0.2, 0.25) is 0 Å². The van der Waals surface area contributed by atoms with Gasteiger partial charge in [0.25, 0.3) is 5.91 Å². The molecule has 1 unspecified atom stereocenters. The quantitative estimate of drug-likeness (QED) is 0.654. The van der Waals surface area contributed by atoms with Gasteiger partial charge in [0.2, 0.25) is 5.43 Å². The number of carbonyl (C=O) groups is 1. The van der Waals surface area contributed by atoms with E-state index >= 15 is 0 Å². The molecule has 2 aliphatic heterocycles. The fourth-order valence-electron chi connectivity index (χ4n) is 5.21. The van der Waals surface area contributed by atoms with Gasteiger partial charge in [-0.05, 0) is 54.7 Å². The average Bonchev–Trinajstić information content (AvgIpc) is 3.28. The zero-order valence-electron chi connectivity index (χ0n) is 17.6. The van der Waals surface area contributed by atoms with Gasteiger partial charge in [-0.2, -0.15) is 5.10 Å². The third-order valence-electron chi connectivity index (χ3n) is 6.69. The topological polar surface area (TPSA) is 75.4 Å². The minimum absolute atomic E-state index is 0.0533. The molecule has 1 N–H and O–H groups in total. The van der Waals surface area contributed by atoms with Crippen molar-refractivity contribution in [2.24, 2.45) is 0 Å². The van der Waals surface area contributed by atoms with E-state index < -0.39 is 52.5 Å². The van der Waals surface area contributed by atoms with Crippen LogP contribution in [0.15, 0.2) is 47.4 Å². The lowest BCUT2D eigenvalue weighted by Gasteiger charge is -2.43. The van der Waals surface area contributed by atoms with Crippen LogP contribution >= 0.6 is 0 Å². The zero-order valence-corrected chi connectivity index (χ0v) is 17.6. The first-order valence-corrected chi connectivity index (χ1v) is 10.6. The lowest BCUT2D eigenvalue weighted by Crippen LogP contribution is -2.51. The Kier molecular flexibility index (Phi) is 4.99. The van der Waals surface area contributed by atoms with Gasteiger partial charge in [0, 0.05) is 12.5 Å². The summed E-state index contributed by atoms with van der Waals surface area (Å²) in [5.41, 5.74) is -0.125. The van der Waals surface area contributed by atoms with Crippen molar-refractivity contribution >= 4 is 5.91 Å². The third-order valence-corrected chi connectivity index (χ3v) is 6.69. The molecule has 0 bridgehead atoms. The molecule has 3 heterocycles. The smallest absolute Gasteiger partial charge is 0.276 e. The largest absolute Gasteiger partial charge is 0.502 e. The van der Waals surface area contributed by atoms with Gasteiger partial charge >= 0.3 is 0 Å². The number of aromatic nitrogens is 2. The predicted molar refractivity (Wildman–Crippen MR) is 113 cm³/mol. The minimum atomic E-state index is -1.01. The Hall–Kier alpha value is -3.62. The highest BCUT2D eigenvalue weighted by atomic mass is 19.2. The SMILES string of the molecule is Cc1c(C(c2cccc(F)c2)[C@H]2[C@H]3CCCN3C(=O)c3c(O)c(=O)cnn32)ccc(F)c1F. The molecular formula is C24H20F3N3O3. The van der Waals surface area contributed by atoms with Crippen LogP contribution in [0.5, 0.6) is 5.75 Å². The molecule has 6 nitrogen and oxygen atoms in total. The van der Waals surface area contributed by atoms with Crippen LogP contribution in [0.25, 0.3) is 0 Å². The van der Waals surface area contributed by atoms with Crippen LogP contribution in [0.1, 0.15) is 52.0 Å². The number of rotatable bonds is 3. The van der Waals surface area contributed by atoms with Gasteiger partial charge in [-0.15, -0.1) is 0 Å². The maximum absolute atomic E-state index is 14.6. The van der Waals surface area contributed by atoms with Crippen LogP contribution < -0.4 is 5.43 Å². The molecule has 5 rings (SSSR count). The van der Waals surface area contributed by atoms with Crippen molar-refractivity contribution in [1.82, 2.24) is 14.7 Å². The van der Waals surface area contributed by atoms with Gasteiger partial charge in [0.15, 0.2) is 23.1 Å². The third kappa shape index (κ3) is 3.21. The standard InChI is InChI=1S/C24H20F3N3O3/c1-12-15(7-8-16(26)20(12)27)19(13-4-2-5-14(25)10-13)21-17-6-3-9-29(17)24(33)22-23(32)18(31)11-28-30(21)22/h2,4-5,7-8,10-11,17,19,21,32H,3,6,9H2,1H3/t17-,19?,21-/m1/s1. The Labute approximate surface area is 186 Å². The number of fused-ring (bicyclic) bond motifs is 2. The summed E-state index contributed by atoms with van der Waals surface area (Å²) >= 11 is 0. The van der Waals surface area contributed by atoms with Crippen molar-refractivity contribution in [1.29, 1.82) is 0 Å². The molecule has 1 aromatic heterocycles. The van der Waals surface area contributed by atoms with Gasteiger partial charge in [-0.1, -0.05) is 18.2 Å². The van der Waals surface area contributed by atoms with Gasteiger partial charge in [0.05, 0.1) is 18.3 Å². The first-order chi connectivity index (χ1) is 15.8. The molecule has 3 atom stereocenters. The van der Waals surface area contributed by atoms with Crippen molar-refractivity contribution < 1.29 is 23.1 Å². The molecule has 1 fully saturated rings. The Bertz CT molecular complexity index is 1340. The van der Waals surface area contributed by atoms with Gasteiger partial charge in [0.1, 0.15) is 5.82 Å². The van der Waals surface area contributed by atoms with Crippen LogP contribution in [0.3, 0.4) is 0 Å².